The standard InChI is InChI=1S/C14H19N3/c1-9(2)14-16-12-8-11-10(5-4-6-15-11)7-13(12)17(14)3/h7-9,15H,4-6H2,1-3H3. The van der Waals surface area contributed by atoms with E-state index in [-0.39, 0.29) is 0 Å². The first-order valence-corrected chi connectivity index (χ1v) is 6.40. The van der Waals surface area contributed by atoms with Crippen LogP contribution in [0, 0.1) is 0 Å². The monoisotopic (exact) mass is 229 g/mol. The minimum absolute atomic E-state index is 0.470. The molecule has 0 saturated heterocycles. The Hall–Kier alpha value is -1.51. The Kier molecular flexibility index (Phi) is 2.35. The summed E-state index contributed by atoms with van der Waals surface area (Å²) in [6.45, 7) is 5.47. The fourth-order valence-electron chi connectivity index (χ4n) is 2.69. The SMILES string of the molecule is CC(C)c1nc2cc3c(cc2n1C)CCCN3. The number of aromatic nitrogens is 2. The van der Waals surface area contributed by atoms with Crippen molar-refractivity contribution in [2.75, 3.05) is 11.9 Å². The van der Waals surface area contributed by atoms with Crippen molar-refractivity contribution in [1.82, 2.24) is 9.55 Å². The third-order valence-corrected chi connectivity index (χ3v) is 3.60. The number of aryl methyl sites for hydroxylation is 2. The van der Waals surface area contributed by atoms with E-state index in [1.165, 1.54) is 35.4 Å². The van der Waals surface area contributed by atoms with Crippen molar-refractivity contribution in [3.8, 4) is 0 Å². The fourth-order valence-corrected chi connectivity index (χ4v) is 2.69. The lowest BCUT2D eigenvalue weighted by atomic mass is 10.0. The van der Waals surface area contributed by atoms with Gasteiger partial charge >= 0.3 is 0 Å². The molecule has 1 N–H and O–H groups in total. The quantitative estimate of drug-likeness (QED) is 0.814. The Morgan fingerprint density at radius 2 is 2.18 bits per heavy atom. The number of hydrogen-bond acceptors (Lipinski definition) is 2. The second kappa shape index (κ2) is 3.76. The number of fused-ring (bicyclic) bond motifs is 2. The van der Waals surface area contributed by atoms with Gasteiger partial charge in [-0.25, -0.2) is 4.98 Å². The third kappa shape index (κ3) is 1.61. The summed E-state index contributed by atoms with van der Waals surface area (Å²) in [5.74, 6) is 1.64. The lowest BCUT2D eigenvalue weighted by molar-refractivity contribution is 0.722. The molecule has 0 aliphatic carbocycles. The second-order valence-corrected chi connectivity index (χ2v) is 5.21. The molecule has 1 aromatic heterocycles. The Morgan fingerprint density at radius 3 is 2.94 bits per heavy atom. The van der Waals surface area contributed by atoms with Crippen LogP contribution in [0.1, 0.15) is 37.6 Å². The molecular weight excluding hydrogens is 210 g/mol. The van der Waals surface area contributed by atoms with E-state index in [1.807, 2.05) is 0 Å². The molecular formula is C14H19N3. The van der Waals surface area contributed by atoms with Gasteiger partial charge in [0.25, 0.3) is 0 Å². The molecule has 0 spiro atoms. The van der Waals surface area contributed by atoms with E-state index < -0.39 is 0 Å². The molecule has 0 saturated carbocycles. The molecule has 3 rings (SSSR count). The van der Waals surface area contributed by atoms with E-state index >= 15 is 0 Å². The van der Waals surface area contributed by atoms with E-state index in [2.05, 4.69) is 42.9 Å². The number of hydrogen-bond donors (Lipinski definition) is 1. The van der Waals surface area contributed by atoms with Gasteiger partial charge in [0.15, 0.2) is 0 Å². The van der Waals surface area contributed by atoms with Gasteiger partial charge in [0, 0.05) is 25.2 Å². The average Bonchev–Trinajstić information content (AvgIpc) is 2.64. The minimum Gasteiger partial charge on any atom is -0.385 e. The molecule has 17 heavy (non-hydrogen) atoms. The molecule has 1 aliphatic heterocycles. The van der Waals surface area contributed by atoms with Crippen molar-refractivity contribution in [3.63, 3.8) is 0 Å². The van der Waals surface area contributed by atoms with Gasteiger partial charge in [0.1, 0.15) is 5.82 Å². The Labute approximate surface area is 102 Å². The molecule has 2 aromatic rings. The highest BCUT2D eigenvalue weighted by atomic mass is 15.1. The van der Waals surface area contributed by atoms with Crippen LogP contribution in [0.4, 0.5) is 5.69 Å². The zero-order chi connectivity index (χ0) is 12.0. The van der Waals surface area contributed by atoms with Crippen LogP contribution < -0.4 is 5.32 Å². The summed E-state index contributed by atoms with van der Waals surface area (Å²) < 4.78 is 2.23. The predicted molar refractivity (Wildman–Crippen MR) is 71.6 cm³/mol. The maximum atomic E-state index is 4.74. The van der Waals surface area contributed by atoms with E-state index in [0.29, 0.717) is 5.92 Å². The highest BCUT2D eigenvalue weighted by Crippen LogP contribution is 2.29. The van der Waals surface area contributed by atoms with Crippen LogP contribution in [0.5, 0.6) is 0 Å². The van der Waals surface area contributed by atoms with Gasteiger partial charge in [-0.15, -0.1) is 0 Å². The van der Waals surface area contributed by atoms with Crippen LogP contribution >= 0.6 is 0 Å². The average molecular weight is 229 g/mol. The first-order valence-electron chi connectivity index (χ1n) is 6.40. The largest absolute Gasteiger partial charge is 0.385 e. The van der Waals surface area contributed by atoms with Gasteiger partial charge < -0.3 is 9.88 Å². The molecule has 0 unspecified atom stereocenters. The summed E-state index contributed by atoms with van der Waals surface area (Å²) in [5.41, 5.74) is 5.08. The van der Waals surface area contributed by atoms with Crippen molar-refractivity contribution in [2.24, 2.45) is 7.05 Å². The summed E-state index contributed by atoms with van der Waals surface area (Å²) in [5, 5.41) is 3.46. The lowest BCUT2D eigenvalue weighted by Crippen LogP contribution is -2.11. The van der Waals surface area contributed by atoms with Crippen molar-refractivity contribution < 1.29 is 0 Å². The maximum absolute atomic E-state index is 4.74. The zero-order valence-electron chi connectivity index (χ0n) is 10.7. The molecule has 0 radical (unpaired) electrons. The molecule has 0 bridgehead atoms. The highest BCUT2D eigenvalue weighted by molar-refractivity contribution is 5.82. The lowest BCUT2D eigenvalue weighted by Gasteiger charge is -2.17. The summed E-state index contributed by atoms with van der Waals surface area (Å²) in [4.78, 5) is 4.74. The first-order chi connectivity index (χ1) is 8.16. The maximum Gasteiger partial charge on any atom is 0.112 e. The van der Waals surface area contributed by atoms with Gasteiger partial charge in [-0.3, -0.25) is 0 Å². The van der Waals surface area contributed by atoms with E-state index in [1.54, 1.807) is 0 Å². The van der Waals surface area contributed by atoms with Crippen molar-refractivity contribution in [1.29, 1.82) is 0 Å². The minimum atomic E-state index is 0.470. The topological polar surface area (TPSA) is 29.9 Å². The van der Waals surface area contributed by atoms with Crippen LogP contribution in [-0.4, -0.2) is 16.1 Å². The summed E-state index contributed by atoms with van der Waals surface area (Å²) >= 11 is 0. The Bertz CT molecular complexity index is 566. The van der Waals surface area contributed by atoms with Crippen molar-refractivity contribution >= 4 is 16.7 Å². The van der Waals surface area contributed by atoms with Crippen LogP contribution in [0.3, 0.4) is 0 Å². The number of benzene rings is 1. The Morgan fingerprint density at radius 1 is 1.35 bits per heavy atom. The zero-order valence-corrected chi connectivity index (χ0v) is 10.7. The molecule has 0 atom stereocenters. The molecule has 90 valence electrons. The third-order valence-electron chi connectivity index (χ3n) is 3.60. The van der Waals surface area contributed by atoms with Crippen LogP contribution in [0.15, 0.2) is 12.1 Å². The summed E-state index contributed by atoms with van der Waals surface area (Å²) in [6.07, 6.45) is 2.41. The Balaban J connectivity index is 2.23. The van der Waals surface area contributed by atoms with E-state index in [9.17, 15) is 0 Å². The molecule has 3 nitrogen and oxygen atoms in total. The van der Waals surface area contributed by atoms with Gasteiger partial charge in [0.05, 0.1) is 11.0 Å². The van der Waals surface area contributed by atoms with E-state index in [0.717, 1.165) is 12.1 Å². The normalized spacial score (nSPS) is 15.1. The molecule has 0 amide bonds. The summed E-state index contributed by atoms with van der Waals surface area (Å²) in [7, 11) is 2.12. The van der Waals surface area contributed by atoms with Crippen molar-refractivity contribution in [3.05, 3.63) is 23.5 Å². The molecule has 1 aromatic carbocycles. The van der Waals surface area contributed by atoms with Crippen LogP contribution in [0.25, 0.3) is 11.0 Å². The van der Waals surface area contributed by atoms with Gasteiger partial charge in [-0.1, -0.05) is 13.8 Å². The van der Waals surface area contributed by atoms with Crippen LogP contribution in [0.2, 0.25) is 0 Å². The van der Waals surface area contributed by atoms with Crippen LogP contribution in [-0.2, 0) is 13.5 Å². The van der Waals surface area contributed by atoms with Gasteiger partial charge in [-0.05, 0) is 30.5 Å². The number of imidazole rings is 1. The first kappa shape index (κ1) is 10.6. The van der Waals surface area contributed by atoms with Gasteiger partial charge in [0.2, 0.25) is 0 Å². The smallest absolute Gasteiger partial charge is 0.112 e. The summed E-state index contributed by atoms with van der Waals surface area (Å²) in [6, 6.07) is 4.51. The molecule has 0 fully saturated rings. The van der Waals surface area contributed by atoms with E-state index in [4.69, 9.17) is 4.98 Å². The number of nitrogens with zero attached hydrogens (tertiary/aromatic N) is 2. The second-order valence-electron chi connectivity index (χ2n) is 5.21. The van der Waals surface area contributed by atoms with Crippen molar-refractivity contribution in [2.45, 2.75) is 32.6 Å². The number of rotatable bonds is 1. The predicted octanol–water partition coefficient (Wildman–Crippen LogP) is 3.05. The molecule has 3 heteroatoms. The number of anilines is 1. The molecule has 2 heterocycles. The molecule has 1 aliphatic rings. The highest BCUT2D eigenvalue weighted by Gasteiger charge is 2.15. The number of nitrogens with one attached hydrogen (secondary N) is 1. The van der Waals surface area contributed by atoms with Gasteiger partial charge in [-0.2, -0.15) is 0 Å². The fraction of sp³-hybridized carbons (Fsp3) is 0.500.